The van der Waals surface area contributed by atoms with Crippen molar-refractivity contribution in [1.82, 2.24) is 9.80 Å². The molecule has 4 amide bonds. The van der Waals surface area contributed by atoms with Crippen molar-refractivity contribution in [1.29, 1.82) is 0 Å². The van der Waals surface area contributed by atoms with E-state index in [4.69, 9.17) is 25.8 Å². The standard InChI is InChI=1S/C41H50ClN3O8/c1-4-6-7-8-15-20-33(53-36(47)27-35(46)43-31-18-13-10-14-19-31)25-26-34(42)37(38(48)30-21-23-32(51-3)24-22-30)45-39(49)40(52-5-2)44(41(45)50)28-29-16-11-9-12-17-29/h9-14,16-19,21-24,33-34,37,40H,4-8,15,20,25-28H2,1-3H3,(H,43,46). The number of nitrogens with zero attached hydrogens (tertiary/aromatic N) is 2. The fraction of sp³-hybridized carbons (Fsp3) is 0.439. The van der Waals surface area contributed by atoms with Gasteiger partial charge < -0.3 is 19.5 Å². The van der Waals surface area contributed by atoms with Gasteiger partial charge in [-0.3, -0.25) is 24.1 Å². The zero-order chi connectivity index (χ0) is 38.2. The lowest BCUT2D eigenvalue weighted by Gasteiger charge is -2.29. The molecule has 1 aliphatic rings. The van der Waals surface area contributed by atoms with E-state index in [9.17, 15) is 24.0 Å². The molecule has 1 saturated heterocycles. The smallest absolute Gasteiger partial charge is 0.330 e. The number of unbranched alkanes of at least 4 members (excludes halogenated alkanes) is 4. The molecule has 3 aromatic carbocycles. The number of ketones is 1. The van der Waals surface area contributed by atoms with Crippen molar-refractivity contribution in [3.63, 3.8) is 0 Å². The topological polar surface area (TPSA) is 132 Å². The summed E-state index contributed by atoms with van der Waals surface area (Å²) < 4.78 is 16.9. The minimum absolute atomic E-state index is 0.0802. The molecule has 3 aromatic rings. The van der Waals surface area contributed by atoms with E-state index in [1.807, 2.05) is 36.4 Å². The van der Waals surface area contributed by atoms with Crippen molar-refractivity contribution >= 4 is 46.9 Å². The average molecular weight is 748 g/mol. The lowest BCUT2D eigenvalue weighted by atomic mass is 9.95. The van der Waals surface area contributed by atoms with Crippen LogP contribution in [-0.2, 0) is 30.4 Å². The maximum Gasteiger partial charge on any atom is 0.330 e. The molecular weight excluding hydrogens is 698 g/mol. The van der Waals surface area contributed by atoms with Crippen molar-refractivity contribution in [2.24, 2.45) is 0 Å². The quantitative estimate of drug-likeness (QED) is 0.0276. The lowest BCUT2D eigenvalue weighted by Crippen LogP contribution is -2.51. The van der Waals surface area contributed by atoms with E-state index < -0.39 is 59.8 Å². The number of methoxy groups -OCH3 is 1. The van der Waals surface area contributed by atoms with Crippen LogP contribution in [0, 0.1) is 0 Å². The number of hydrogen-bond acceptors (Lipinski definition) is 8. The average Bonchev–Trinajstić information content (AvgIpc) is 3.38. The lowest BCUT2D eigenvalue weighted by molar-refractivity contribution is -0.151. The third-order valence-electron chi connectivity index (χ3n) is 9.02. The van der Waals surface area contributed by atoms with Gasteiger partial charge in [0.25, 0.3) is 5.91 Å². The van der Waals surface area contributed by atoms with Crippen LogP contribution in [0.5, 0.6) is 5.75 Å². The third kappa shape index (κ3) is 11.9. The zero-order valence-electron chi connectivity index (χ0n) is 30.7. The Kier molecular flexibility index (Phi) is 16.3. The minimum Gasteiger partial charge on any atom is -0.497 e. The Balaban J connectivity index is 1.56. The molecule has 0 spiro atoms. The molecule has 12 heteroatoms. The number of anilines is 1. The summed E-state index contributed by atoms with van der Waals surface area (Å²) in [6.45, 7) is 4.08. The molecule has 0 radical (unpaired) electrons. The molecule has 0 bridgehead atoms. The molecule has 1 fully saturated rings. The van der Waals surface area contributed by atoms with Crippen LogP contribution in [0.25, 0.3) is 0 Å². The number of amides is 4. The highest BCUT2D eigenvalue weighted by Crippen LogP contribution is 2.31. The second kappa shape index (κ2) is 21.1. The third-order valence-corrected chi connectivity index (χ3v) is 9.48. The maximum absolute atomic E-state index is 14.3. The Hall–Kier alpha value is -4.74. The fourth-order valence-corrected chi connectivity index (χ4v) is 6.64. The molecule has 1 N–H and O–H groups in total. The molecule has 4 rings (SSSR count). The second-order valence-electron chi connectivity index (χ2n) is 12.9. The first-order chi connectivity index (χ1) is 25.7. The van der Waals surface area contributed by atoms with E-state index in [0.717, 1.165) is 42.6 Å². The van der Waals surface area contributed by atoms with Crippen molar-refractivity contribution in [3.05, 3.63) is 96.1 Å². The SMILES string of the molecule is CCCCCCCC(CCC(Cl)C(C(=O)c1ccc(OC)cc1)N1C(=O)C(OCC)N(Cc2ccccc2)C1=O)OC(=O)CC(=O)Nc1ccccc1. The predicted molar refractivity (Wildman–Crippen MR) is 203 cm³/mol. The normalized spacial score (nSPS) is 15.9. The van der Waals surface area contributed by atoms with E-state index in [-0.39, 0.29) is 31.6 Å². The summed E-state index contributed by atoms with van der Waals surface area (Å²) in [5.74, 6) is -1.88. The molecule has 0 aliphatic carbocycles. The molecule has 284 valence electrons. The van der Waals surface area contributed by atoms with Gasteiger partial charge in [0, 0.05) is 17.9 Å². The maximum atomic E-state index is 14.3. The van der Waals surface area contributed by atoms with Crippen LogP contribution in [0.4, 0.5) is 10.5 Å². The number of nitrogens with one attached hydrogen (secondary N) is 1. The van der Waals surface area contributed by atoms with Crippen LogP contribution >= 0.6 is 11.6 Å². The Morgan fingerprint density at radius 2 is 1.49 bits per heavy atom. The highest BCUT2D eigenvalue weighted by atomic mass is 35.5. The molecular formula is C41H50ClN3O8. The van der Waals surface area contributed by atoms with E-state index >= 15 is 0 Å². The number of hydrogen-bond donors (Lipinski definition) is 1. The number of urea groups is 1. The van der Waals surface area contributed by atoms with Gasteiger partial charge in [-0.05, 0) is 74.6 Å². The van der Waals surface area contributed by atoms with Gasteiger partial charge in [-0.25, -0.2) is 9.69 Å². The summed E-state index contributed by atoms with van der Waals surface area (Å²) in [6, 6.07) is 22.3. The van der Waals surface area contributed by atoms with Gasteiger partial charge in [-0.1, -0.05) is 81.1 Å². The van der Waals surface area contributed by atoms with E-state index in [2.05, 4.69) is 12.2 Å². The van der Waals surface area contributed by atoms with Gasteiger partial charge in [-0.2, -0.15) is 0 Å². The molecule has 1 heterocycles. The second-order valence-corrected chi connectivity index (χ2v) is 13.5. The van der Waals surface area contributed by atoms with Crippen LogP contribution in [0.2, 0.25) is 0 Å². The number of para-hydroxylation sites is 1. The van der Waals surface area contributed by atoms with Crippen LogP contribution in [0.3, 0.4) is 0 Å². The zero-order valence-corrected chi connectivity index (χ0v) is 31.5. The Bertz CT molecular complexity index is 1640. The largest absolute Gasteiger partial charge is 0.497 e. The van der Waals surface area contributed by atoms with E-state index in [1.54, 1.807) is 55.5 Å². The van der Waals surface area contributed by atoms with Gasteiger partial charge in [0.15, 0.2) is 5.78 Å². The van der Waals surface area contributed by atoms with Crippen molar-refractivity contribution in [3.8, 4) is 5.75 Å². The molecule has 4 unspecified atom stereocenters. The number of carbonyl (C=O) groups is 5. The number of benzene rings is 3. The van der Waals surface area contributed by atoms with E-state index in [1.165, 1.54) is 12.0 Å². The number of esters is 1. The van der Waals surface area contributed by atoms with Crippen LogP contribution in [-0.4, -0.2) is 76.9 Å². The van der Waals surface area contributed by atoms with Crippen molar-refractivity contribution < 1.29 is 38.2 Å². The highest BCUT2D eigenvalue weighted by Gasteiger charge is 2.52. The molecule has 53 heavy (non-hydrogen) atoms. The van der Waals surface area contributed by atoms with Crippen molar-refractivity contribution in [2.75, 3.05) is 19.0 Å². The fourth-order valence-electron chi connectivity index (χ4n) is 6.29. The van der Waals surface area contributed by atoms with Crippen molar-refractivity contribution in [2.45, 2.75) is 102 Å². The molecule has 1 aliphatic heterocycles. The Labute approximate surface area is 316 Å². The Morgan fingerprint density at radius 1 is 0.830 bits per heavy atom. The highest BCUT2D eigenvalue weighted by molar-refractivity contribution is 6.25. The van der Waals surface area contributed by atoms with Gasteiger partial charge >= 0.3 is 12.0 Å². The number of imide groups is 1. The first-order valence-electron chi connectivity index (χ1n) is 18.3. The van der Waals surface area contributed by atoms with Gasteiger partial charge in [0.1, 0.15) is 24.3 Å². The minimum atomic E-state index is -1.40. The molecule has 11 nitrogen and oxygen atoms in total. The van der Waals surface area contributed by atoms with E-state index in [0.29, 0.717) is 17.9 Å². The number of Topliss-reactive ketones (excluding diaryl/α,β-unsaturated/α-hetero) is 1. The summed E-state index contributed by atoms with van der Waals surface area (Å²) in [5, 5.41) is 1.64. The van der Waals surface area contributed by atoms with Crippen LogP contribution in [0.1, 0.15) is 87.6 Å². The first-order valence-corrected chi connectivity index (χ1v) is 18.8. The summed E-state index contributed by atoms with van der Waals surface area (Å²) in [7, 11) is 1.51. The number of rotatable bonds is 22. The van der Waals surface area contributed by atoms with Gasteiger partial charge in [-0.15, -0.1) is 11.6 Å². The predicted octanol–water partition coefficient (Wildman–Crippen LogP) is 7.76. The van der Waals surface area contributed by atoms with Crippen LogP contribution in [0.15, 0.2) is 84.9 Å². The molecule has 4 atom stereocenters. The number of ether oxygens (including phenoxy) is 3. The summed E-state index contributed by atoms with van der Waals surface area (Å²) in [4.78, 5) is 70.3. The molecule has 0 saturated carbocycles. The number of halogens is 1. The van der Waals surface area contributed by atoms with Gasteiger partial charge in [0.05, 0.1) is 19.0 Å². The number of alkyl halides is 1. The summed E-state index contributed by atoms with van der Waals surface area (Å²) in [6.07, 6.45) is 3.46. The monoisotopic (exact) mass is 747 g/mol. The Morgan fingerprint density at radius 3 is 2.13 bits per heavy atom. The number of carbonyl (C=O) groups excluding carboxylic acids is 5. The summed E-state index contributed by atoms with van der Waals surface area (Å²) >= 11 is 7.10. The molecule has 0 aromatic heterocycles. The van der Waals surface area contributed by atoms with Crippen LogP contribution < -0.4 is 10.1 Å². The summed E-state index contributed by atoms with van der Waals surface area (Å²) in [5.41, 5.74) is 1.58. The first kappa shape index (κ1) is 41.0. The van der Waals surface area contributed by atoms with Gasteiger partial charge in [0.2, 0.25) is 12.1 Å².